The Labute approximate surface area is 125 Å². The number of carboxylic acid groups (broad SMARTS) is 1. The smallest absolute Gasteiger partial charge is 0.338 e. The summed E-state index contributed by atoms with van der Waals surface area (Å²) in [5.74, 6) is -2.17. The third-order valence-corrected chi connectivity index (χ3v) is 4.27. The molecule has 21 heavy (non-hydrogen) atoms. The van der Waals surface area contributed by atoms with E-state index in [1.54, 1.807) is 37.3 Å². The molecule has 0 amide bonds. The van der Waals surface area contributed by atoms with Crippen LogP contribution in [0.1, 0.15) is 23.7 Å². The molecule has 1 aromatic rings. The van der Waals surface area contributed by atoms with Crippen LogP contribution in [0.2, 0.25) is 0 Å². The lowest BCUT2D eigenvalue weighted by molar-refractivity contribution is -0.148. The number of carboxylic acids is 1. The zero-order chi connectivity index (χ0) is 15.4. The number of ether oxygens (including phenoxy) is 2. The maximum absolute atomic E-state index is 11.9. The number of benzene rings is 1. The van der Waals surface area contributed by atoms with Crippen LogP contribution >= 0.6 is 11.8 Å². The van der Waals surface area contributed by atoms with Gasteiger partial charge in [0.1, 0.15) is 11.4 Å². The van der Waals surface area contributed by atoms with Crippen molar-refractivity contribution in [3.63, 3.8) is 0 Å². The first-order valence-electron chi connectivity index (χ1n) is 6.31. The van der Waals surface area contributed by atoms with Crippen molar-refractivity contribution in [3.05, 3.63) is 35.9 Å². The predicted octanol–water partition coefficient (Wildman–Crippen LogP) is 1.69. The van der Waals surface area contributed by atoms with Crippen molar-refractivity contribution >= 4 is 29.7 Å². The maximum Gasteiger partial charge on any atom is 0.338 e. The van der Waals surface area contributed by atoms with Crippen LogP contribution in [-0.2, 0) is 19.1 Å². The lowest BCUT2D eigenvalue weighted by atomic mass is 10.2. The number of thioether (sulfide) groups is 1. The Bertz CT molecular complexity index is 544. The van der Waals surface area contributed by atoms with Gasteiger partial charge in [0.25, 0.3) is 0 Å². The monoisotopic (exact) mass is 310 g/mol. The Morgan fingerprint density at radius 3 is 2.67 bits per heavy atom. The van der Waals surface area contributed by atoms with Gasteiger partial charge in [-0.05, 0) is 19.1 Å². The van der Waals surface area contributed by atoms with E-state index in [1.807, 2.05) is 0 Å². The second-order valence-electron chi connectivity index (χ2n) is 4.50. The number of aliphatic carboxylic acids is 1. The summed E-state index contributed by atoms with van der Waals surface area (Å²) < 4.78 is 10.3. The van der Waals surface area contributed by atoms with Gasteiger partial charge < -0.3 is 14.6 Å². The molecule has 2 unspecified atom stereocenters. The molecule has 7 heteroatoms. The Morgan fingerprint density at radius 2 is 2.05 bits per heavy atom. The molecule has 2 rings (SSSR count). The van der Waals surface area contributed by atoms with Crippen molar-refractivity contribution in [1.29, 1.82) is 0 Å². The van der Waals surface area contributed by atoms with Crippen molar-refractivity contribution in [2.75, 3.05) is 0 Å². The van der Waals surface area contributed by atoms with Gasteiger partial charge in [-0.25, -0.2) is 4.79 Å². The first kappa shape index (κ1) is 15.4. The maximum atomic E-state index is 11.9. The number of hydrogen-bond acceptors (Lipinski definition) is 6. The third kappa shape index (κ3) is 3.98. The number of cyclic esters (lactones) is 1. The molecule has 1 fully saturated rings. The van der Waals surface area contributed by atoms with Crippen LogP contribution in [0.25, 0.3) is 0 Å². The molecule has 0 aromatic heterocycles. The Kier molecular flexibility index (Phi) is 4.85. The Hall–Kier alpha value is -2.02. The van der Waals surface area contributed by atoms with E-state index in [0.717, 1.165) is 11.8 Å². The van der Waals surface area contributed by atoms with Gasteiger partial charge in [-0.15, -0.1) is 0 Å². The van der Waals surface area contributed by atoms with Crippen LogP contribution in [-0.4, -0.2) is 39.8 Å². The molecule has 3 atom stereocenters. The van der Waals surface area contributed by atoms with Crippen molar-refractivity contribution in [2.24, 2.45) is 0 Å². The molecule has 1 heterocycles. The summed E-state index contributed by atoms with van der Waals surface area (Å²) in [5.41, 5.74) is -0.282. The molecule has 0 saturated carbocycles. The van der Waals surface area contributed by atoms with Gasteiger partial charge in [0, 0.05) is 0 Å². The van der Waals surface area contributed by atoms with Crippen molar-refractivity contribution in [2.45, 2.75) is 30.1 Å². The summed E-state index contributed by atoms with van der Waals surface area (Å²) in [5, 5.41) is 7.95. The van der Waals surface area contributed by atoms with E-state index in [0.29, 0.717) is 5.56 Å². The van der Waals surface area contributed by atoms with Crippen LogP contribution < -0.4 is 0 Å². The van der Waals surface area contributed by atoms with E-state index >= 15 is 0 Å². The van der Waals surface area contributed by atoms with Crippen LogP contribution in [0, 0.1) is 0 Å². The summed E-state index contributed by atoms with van der Waals surface area (Å²) in [7, 11) is 0. The molecule has 0 aliphatic carbocycles. The molecular formula is C14H14O6S. The van der Waals surface area contributed by atoms with Gasteiger partial charge in [-0.1, -0.05) is 30.0 Å². The molecular weight excluding hydrogens is 296 g/mol. The zero-order valence-electron chi connectivity index (χ0n) is 11.2. The molecule has 112 valence electrons. The van der Waals surface area contributed by atoms with Gasteiger partial charge in [0.2, 0.25) is 0 Å². The van der Waals surface area contributed by atoms with E-state index in [1.165, 1.54) is 0 Å². The van der Waals surface area contributed by atoms with Crippen molar-refractivity contribution in [3.8, 4) is 0 Å². The molecule has 1 aliphatic rings. The average molecular weight is 310 g/mol. The second kappa shape index (κ2) is 6.62. The highest BCUT2D eigenvalue weighted by molar-refractivity contribution is 8.01. The highest BCUT2D eigenvalue weighted by atomic mass is 32.2. The fourth-order valence-corrected chi connectivity index (χ4v) is 2.96. The molecule has 1 aliphatic heterocycles. The lowest BCUT2D eigenvalue weighted by Gasteiger charge is -2.18. The molecule has 0 bridgehead atoms. The normalized spacial score (nSPS) is 22.4. The lowest BCUT2D eigenvalue weighted by Crippen LogP contribution is -2.26. The van der Waals surface area contributed by atoms with Crippen molar-refractivity contribution in [1.82, 2.24) is 0 Å². The topological polar surface area (TPSA) is 89.9 Å². The van der Waals surface area contributed by atoms with Crippen LogP contribution in [0.5, 0.6) is 0 Å². The molecule has 0 spiro atoms. The molecule has 1 saturated heterocycles. The standard InChI is InChI=1S/C14H14O6S/c1-8(19-12(17)9-5-3-2-4-6-9)14-20-13(18)10(21-14)7-11(15)16/h2-6,8,10,14H,7H2,1H3,(H,15,16)/t8-,10?,14?/m0/s1. The minimum absolute atomic E-state index is 0.306. The molecule has 6 nitrogen and oxygen atoms in total. The zero-order valence-corrected chi connectivity index (χ0v) is 12.0. The molecule has 1 N–H and O–H groups in total. The quantitative estimate of drug-likeness (QED) is 0.828. The predicted molar refractivity (Wildman–Crippen MR) is 74.8 cm³/mol. The minimum Gasteiger partial charge on any atom is -0.481 e. The highest BCUT2D eigenvalue weighted by Gasteiger charge is 2.40. The summed E-state index contributed by atoms with van der Waals surface area (Å²) in [6.45, 7) is 1.61. The summed E-state index contributed by atoms with van der Waals surface area (Å²) >= 11 is 1.06. The van der Waals surface area contributed by atoms with Gasteiger partial charge >= 0.3 is 17.9 Å². The number of carbonyl (C=O) groups excluding carboxylic acids is 2. The number of hydrogen-bond donors (Lipinski definition) is 1. The van der Waals surface area contributed by atoms with Crippen molar-refractivity contribution < 1.29 is 29.0 Å². The largest absolute Gasteiger partial charge is 0.481 e. The van der Waals surface area contributed by atoms with E-state index in [2.05, 4.69) is 0 Å². The molecule has 1 aromatic carbocycles. The number of rotatable bonds is 5. The minimum atomic E-state index is -1.07. The first-order valence-corrected chi connectivity index (χ1v) is 7.25. The molecule has 0 radical (unpaired) electrons. The first-order chi connectivity index (χ1) is 9.97. The van der Waals surface area contributed by atoms with Crippen LogP contribution in [0.15, 0.2) is 30.3 Å². The second-order valence-corrected chi connectivity index (χ2v) is 5.81. The van der Waals surface area contributed by atoms with Gasteiger partial charge in [0.15, 0.2) is 5.44 Å². The SMILES string of the molecule is C[C@H](OC(=O)c1ccccc1)C1OC(=O)C(CC(=O)O)S1. The average Bonchev–Trinajstić information content (AvgIpc) is 2.80. The summed E-state index contributed by atoms with van der Waals surface area (Å²) in [6.07, 6.45) is -0.968. The summed E-state index contributed by atoms with van der Waals surface area (Å²) in [6, 6.07) is 8.46. The van der Waals surface area contributed by atoms with Crippen LogP contribution in [0.4, 0.5) is 0 Å². The summed E-state index contributed by atoms with van der Waals surface area (Å²) in [4.78, 5) is 34.1. The Morgan fingerprint density at radius 1 is 1.38 bits per heavy atom. The Balaban J connectivity index is 1.92. The highest BCUT2D eigenvalue weighted by Crippen LogP contribution is 2.33. The fraction of sp³-hybridized carbons (Fsp3) is 0.357. The van der Waals surface area contributed by atoms with E-state index < -0.39 is 34.7 Å². The number of esters is 2. The van der Waals surface area contributed by atoms with E-state index in [4.69, 9.17) is 14.6 Å². The fourth-order valence-electron chi connectivity index (χ4n) is 1.80. The van der Waals surface area contributed by atoms with Gasteiger partial charge in [-0.2, -0.15) is 0 Å². The van der Waals surface area contributed by atoms with E-state index in [9.17, 15) is 14.4 Å². The van der Waals surface area contributed by atoms with Crippen LogP contribution in [0.3, 0.4) is 0 Å². The number of carbonyl (C=O) groups is 3. The third-order valence-electron chi connectivity index (χ3n) is 2.84. The van der Waals surface area contributed by atoms with Gasteiger partial charge in [0.05, 0.1) is 12.0 Å². The van der Waals surface area contributed by atoms with Gasteiger partial charge in [-0.3, -0.25) is 9.59 Å². The van der Waals surface area contributed by atoms with E-state index in [-0.39, 0.29) is 6.42 Å².